The van der Waals surface area contributed by atoms with Crippen LogP contribution >= 0.6 is 0 Å². The summed E-state index contributed by atoms with van der Waals surface area (Å²) in [5.74, 6) is 0.807. The highest BCUT2D eigenvalue weighted by molar-refractivity contribution is 5.09. The first-order valence-corrected chi connectivity index (χ1v) is 5.45. The zero-order chi connectivity index (χ0) is 10.4. The van der Waals surface area contributed by atoms with Gasteiger partial charge in [0.15, 0.2) is 0 Å². The quantitative estimate of drug-likeness (QED) is 0.704. The van der Waals surface area contributed by atoms with Gasteiger partial charge in [0.25, 0.3) is 0 Å². The van der Waals surface area contributed by atoms with Gasteiger partial charge in [-0.25, -0.2) is 0 Å². The minimum absolute atomic E-state index is 0.404. The van der Waals surface area contributed by atoms with E-state index in [0.717, 1.165) is 12.5 Å². The molecule has 1 aromatic heterocycles. The van der Waals surface area contributed by atoms with E-state index in [1.807, 2.05) is 6.07 Å². The van der Waals surface area contributed by atoms with Crippen LogP contribution < -0.4 is 5.32 Å². The third-order valence-corrected chi connectivity index (χ3v) is 2.45. The number of rotatable bonds is 6. The number of furan rings is 1. The van der Waals surface area contributed by atoms with Crippen molar-refractivity contribution in [2.75, 3.05) is 6.54 Å². The van der Waals surface area contributed by atoms with E-state index in [1.165, 1.54) is 18.4 Å². The SMILES string of the molecule is CC(C)CCCNC(C)c1ccoc1. The lowest BCUT2D eigenvalue weighted by Gasteiger charge is -2.12. The smallest absolute Gasteiger partial charge is 0.0950 e. The van der Waals surface area contributed by atoms with Crippen molar-refractivity contribution < 1.29 is 4.42 Å². The summed E-state index contributed by atoms with van der Waals surface area (Å²) in [6, 6.07) is 2.42. The number of nitrogens with one attached hydrogen (secondary N) is 1. The molecule has 80 valence electrons. The monoisotopic (exact) mass is 195 g/mol. The molecule has 0 saturated heterocycles. The van der Waals surface area contributed by atoms with E-state index in [9.17, 15) is 0 Å². The zero-order valence-electron chi connectivity index (χ0n) is 9.42. The Hall–Kier alpha value is -0.760. The van der Waals surface area contributed by atoms with Crippen molar-refractivity contribution in [1.29, 1.82) is 0 Å². The molecular weight excluding hydrogens is 174 g/mol. The van der Waals surface area contributed by atoms with Crippen LogP contribution in [-0.2, 0) is 0 Å². The standard InChI is InChI=1S/C12H21NO/c1-10(2)5-4-7-13-11(3)12-6-8-14-9-12/h6,8-11,13H,4-5,7H2,1-3H3. The molecule has 1 heterocycles. The van der Waals surface area contributed by atoms with Gasteiger partial charge in [-0.15, -0.1) is 0 Å². The Kier molecular flexibility index (Phi) is 4.74. The largest absolute Gasteiger partial charge is 0.472 e. The Morgan fingerprint density at radius 3 is 2.71 bits per heavy atom. The van der Waals surface area contributed by atoms with Crippen LogP contribution in [0.5, 0.6) is 0 Å². The van der Waals surface area contributed by atoms with Gasteiger partial charge in [0.2, 0.25) is 0 Å². The number of hydrogen-bond donors (Lipinski definition) is 1. The van der Waals surface area contributed by atoms with E-state index >= 15 is 0 Å². The van der Waals surface area contributed by atoms with Gasteiger partial charge in [0.1, 0.15) is 0 Å². The lowest BCUT2D eigenvalue weighted by Crippen LogP contribution is -2.19. The summed E-state index contributed by atoms with van der Waals surface area (Å²) in [4.78, 5) is 0. The van der Waals surface area contributed by atoms with Gasteiger partial charge in [-0.05, 0) is 38.3 Å². The second-order valence-corrected chi connectivity index (χ2v) is 4.27. The van der Waals surface area contributed by atoms with Crippen LogP contribution in [0.25, 0.3) is 0 Å². The van der Waals surface area contributed by atoms with Crippen molar-refractivity contribution in [3.8, 4) is 0 Å². The fourth-order valence-corrected chi connectivity index (χ4v) is 1.47. The first-order valence-electron chi connectivity index (χ1n) is 5.45. The molecule has 0 radical (unpaired) electrons. The average Bonchev–Trinajstić information content (AvgIpc) is 2.64. The molecule has 14 heavy (non-hydrogen) atoms. The highest BCUT2D eigenvalue weighted by Gasteiger charge is 2.04. The summed E-state index contributed by atoms with van der Waals surface area (Å²) >= 11 is 0. The van der Waals surface area contributed by atoms with Crippen molar-refractivity contribution in [3.63, 3.8) is 0 Å². The first-order chi connectivity index (χ1) is 6.70. The normalized spacial score (nSPS) is 13.4. The Bertz CT molecular complexity index is 228. The van der Waals surface area contributed by atoms with Crippen molar-refractivity contribution in [2.45, 2.75) is 39.7 Å². The second kappa shape index (κ2) is 5.86. The van der Waals surface area contributed by atoms with E-state index in [4.69, 9.17) is 4.42 Å². The minimum Gasteiger partial charge on any atom is -0.472 e. The van der Waals surface area contributed by atoms with Crippen LogP contribution in [0.4, 0.5) is 0 Å². The Morgan fingerprint density at radius 2 is 2.14 bits per heavy atom. The Morgan fingerprint density at radius 1 is 1.36 bits per heavy atom. The van der Waals surface area contributed by atoms with Crippen molar-refractivity contribution >= 4 is 0 Å². The van der Waals surface area contributed by atoms with Gasteiger partial charge in [-0.2, -0.15) is 0 Å². The van der Waals surface area contributed by atoms with E-state index in [2.05, 4.69) is 26.1 Å². The first kappa shape index (κ1) is 11.3. The molecule has 0 saturated carbocycles. The molecule has 0 bridgehead atoms. The van der Waals surface area contributed by atoms with Gasteiger partial charge >= 0.3 is 0 Å². The summed E-state index contributed by atoms with van der Waals surface area (Å²) < 4.78 is 5.04. The second-order valence-electron chi connectivity index (χ2n) is 4.27. The van der Waals surface area contributed by atoms with Crippen LogP contribution in [-0.4, -0.2) is 6.54 Å². The molecule has 2 nitrogen and oxygen atoms in total. The predicted molar refractivity (Wildman–Crippen MR) is 59.2 cm³/mol. The van der Waals surface area contributed by atoms with E-state index < -0.39 is 0 Å². The van der Waals surface area contributed by atoms with Gasteiger partial charge in [0, 0.05) is 11.6 Å². The molecule has 1 N–H and O–H groups in total. The lowest BCUT2D eigenvalue weighted by molar-refractivity contribution is 0.492. The molecule has 1 atom stereocenters. The van der Waals surface area contributed by atoms with Crippen LogP contribution in [0.15, 0.2) is 23.0 Å². The lowest BCUT2D eigenvalue weighted by atomic mass is 10.1. The maximum Gasteiger partial charge on any atom is 0.0950 e. The molecule has 0 spiro atoms. The van der Waals surface area contributed by atoms with E-state index in [0.29, 0.717) is 6.04 Å². The molecule has 1 aromatic rings. The molecule has 0 aliphatic rings. The van der Waals surface area contributed by atoms with Crippen molar-refractivity contribution in [2.24, 2.45) is 5.92 Å². The van der Waals surface area contributed by atoms with Crippen LogP contribution in [0.1, 0.15) is 45.2 Å². The molecule has 0 aliphatic carbocycles. The predicted octanol–water partition coefficient (Wildman–Crippen LogP) is 3.37. The molecule has 0 aliphatic heterocycles. The molecule has 1 unspecified atom stereocenters. The van der Waals surface area contributed by atoms with E-state index in [1.54, 1.807) is 12.5 Å². The molecule has 1 rings (SSSR count). The fraction of sp³-hybridized carbons (Fsp3) is 0.667. The molecule has 0 aromatic carbocycles. The third kappa shape index (κ3) is 3.97. The summed E-state index contributed by atoms with van der Waals surface area (Å²) in [6.45, 7) is 7.78. The molecule has 2 heteroatoms. The fourth-order valence-electron chi connectivity index (χ4n) is 1.47. The topological polar surface area (TPSA) is 25.2 Å². The van der Waals surface area contributed by atoms with Crippen LogP contribution in [0, 0.1) is 5.92 Å². The van der Waals surface area contributed by atoms with Crippen LogP contribution in [0.3, 0.4) is 0 Å². The summed E-state index contributed by atoms with van der Waals surface area (Å²) in [5, 5.41) is 3.48. The van der Waals surface area contributed by atoms with Gasteiger partial charge in [0.05, 0.1) is 12.5 Å². The van der Waals surface area contributed by atoms with Gasteiger partial charge in [-0.3, -0.25) is 0 Å². The molecule has 0 fully saturated rings. The Balaban J connectivity index is 2.13. The average molecular weight is 195 g/mol. The highest BCUT2D eigenvalue weighted by atomic mass is 16.3. The van der Waals surface area contributed by atoms with Crippen molar-refractivity contribution in [1.82, 2.24) is 5.32 Å². The third-order valence-electron chi connectivity index (χ3n) is 2.45. The van der Waals surface area contributed by atoms with Crippen molar-refractivity contribution in [3.05, 3.63) is 24.2 Å². The number of hydrogen-bond acceptors (Lipinski definition) is 2. The zero-order valence-corrected chi connectivity index (χ0v) is 9.42. The maximum atomic E-state index is 5.04. The molecule has 0 amide bonds. The van der Waals surface area contributed by atoms with Crippen LogP contribution in [0.2, 0.25) is 0 Å². The summed E-state index contributed by atoms with van der Waals surface area (Å²) in [6.07, 6.45) is 6.08. The van der Waals surface area contributed by atoms with E-state index in [-0.39, 0.29) is 0 Å². The highest BCUT2D eigenvalue weighted by Crippen LogP contribution is 2.12. The summed E-state index contributed by atoms with van der Waals surface area (Å²) in [7, 11) is 0. The summed E-state index contributed by atoms with van der Waals surface area (Å²) in [5.41, 5.74) is 1.23. The van der Waals surface area contributed by atoms with Gasteiger partial charge < -0.3 is 9.73 Å². The molecular formula is C12H21NO. The van der Waals surface area contributed by atoms with Gasteiger partial charge in [-0.1, -0.05) is 13.8 Å². The maximum absolute atomic E-state index is 5.04. The Labute approximate surface area is 86.7 Å². The minimum atomic E-state index is 0.404.